The molecule has 0 heterocycles. The first-order valence-electron chi connectivity index (χ1n) is 5.23. The largest absolute Gasteiger partial charge is 0.398 e. The van der Waals surface area contributed by atoms with E-state index in [1.807, 2.05) is 0 Å². The van der Waals surface area contributed by atoms with Crippen LogP contribution in [0.25, 0.3) is 0 Å². The minimum atomic E-state index is -1.03. The molecule has 1 aromatic rings. The van der Waals surface area contributed by atoms with Gasteiger partial charge in [0.25, 0.3) is 0 Å². The predicted molar refractivity (Wildman–Crippen MR) is 71.2 cm³/mol. The summed E-state index contributed by atoms with van der Waals surface area (Å²) in [5, 5.41) is 0.578. The average molecular weight is 260 g/mol. The molecule has 0 spiro atoms. The molecule has 0 aliphatic heterocycles. The van der Waals surface area contributed by atoms with E-state index in [0.717, 1.165) is 6.42 Å². The molecule has 0 aliphatic carbocycles. The van der Waals surface area contributed by atoms with Gasteiger partial charge in [0.05, 0.1) is 15.7 Å². The number of nitrogen functional groups attached to an aromatic ring is 1. The summed E-state index contributed by atoms with van der Waals surface area (Å²) in [6.45, 7) is 6.40. The lowest BCUT2D eigenvalue weighted by molar-refractivity contribution is 0.400. The Morgan fingerprint density at radius 1 is 1.38 bits per heavy atom. The van der Waals surface area contributed by atoms with Crippen molar-refractivity contribution in [3.05, 3.63) is 23.2 Å². The van der Waals surface area contributed by atoms with Crippen LogP contribution in [0.3, 0.4) is 0 Å². The van der Waals surface area contributed by atoms with Crippen LogP contribution in [0.15, 0.2) is 23.1 Å². The summed E-state index contributed by atoms with van der Waals surface area (Å²) >= 11 is 5.79. The molecule has 0 radical (unpaired) electrons. The molecule has 0 amide bonds. The first-order valence-corrected chi connectivity index (χ1v) is 6.93. The molecular weight excluding hydrogens is 242 g/mol. The van der Waals surface area contributed by atoms with Crippen molar-refractivity contribution < 1.29 is 4.21 Å². The van der Waals surface area contributed by atoms with E-state index in [9.17, 15) is 4.21 Å². The third-order valence-corrected chi connectivity index (χ3v) is 3.93. The highest BCUT2D eigenvalue weighted by molar-refractivity contribution is 7.85. The van der Waals surface area contributed by atoms with Gasteiger partial charge < -0.3 is 5.73 Å². The molecule has 16 heavy (non-hydrogen) atoms. The van der Waals surface area contributed by atoms with E-state index in [2.05, 4.69) is 20.8 Å². The van der Waals surface area contributed by atoms with Crippen molar-refractivity contribution in [1.82, 2.24) is 0 Å². The van der Waals surface area contributed by atoms with Gasteiger partial charge in [0.15, 0.2) is 0 Å². The van der Waals surface area contributed by atoms with Gasteiger partial charge in [-0.05, 0) is 30.0 Å². The van der Waals surface area contributed by atoms with Gasteiger partial charge in [0.2, 0.25) is 0 Å². The molecule has 0 aromatic heterocycles. The second-order valence-corrected chi connectivity index (χ2v) is 7.02. The summed E-state index contributed by atoms with van der Waals surface area (Å²) in [5.74, 6) is 0.634. The normalized spacial score (nSPS) is 13.8. The minimum absolute atomic E-state index is 0.191. The molecule has 0 aliphatic rings. The van der Waals surface area contributed by atoms with E-state index in [4.69, 9.17) is 17.3 Å². The molecule has 1 rings (SSSR count). The quantitative estimate of drug-likeness (QED) is 0.845. The number of halogens is 1. The summed E-state index contributed by atoms with van der Waals surface area (Å²) in [6.07, 6.45) is 0.904. The zero-order valence-corrected chi connectivity index (χ0v) is 11.5. The topological polar surface area (TPSA) is 43.1 Å². The van der Waals surface area contributed by atoms with Crippen LogP contribution in [-0.4, -0.2) is 9.96 Å². The monoisotopic (exact) mass is 259 g/mol. The van der Waals surface area contributed by atoms with Gasteiger partial charge in [-0.1, -0.05) is 32.4 Å². The Labute approximate surface area is 105 Å². The number of hydrogen-bond acceptors (Lipinski definition) is 2. The number of benzene rings is 1. The van der Waals surface area contributed by atoms with Gasteiger partial charge in [-0.25, -0.2) is 0 Å². The highest BCUT2D eigenvalue weighted by Gasteiger charge is 2.14. The van der Waals surface area contributed by atoms with Gasteiger partial charge in [-0.15, -0.1) is 0 Å². The fourth-order valence-corrected chi connectivity index (χ4v) is 2.98. The summed E-state index contributed by atoms with van der Waals surface area (Å²) in [6, 6.07) is 5.12. The molecule has 1 unspecified atom stereocenters. The van der Waals surface area contributed by atoms with Crippen LogP contribution in [0.1, 0.15) is 27.2 Å². The summed E-state index contributed by atoms with van der Waals surface area (Å²) in [4.78, 5) is 0.689. The third kappa shape index (κ3) is 4.14. The van der Waals surface area contributed by atoms with Gasteiger partial charge in [0, 0.05) is 16.5 Å². The van der Waals surface area contributed by atoms with Gasteiger partial charge in [-0.3, -0.25) is 4.21 Å². The summed E-state index contributed by atoms with van der Waals surface area (Å²) in [5.41, 5.74) is 6.49. The van der Waals surface area contributed by atoms with Crippen molar-refractivity contribution in [2.45, 2.75) is 32.1 Å². The molecule has 1 aromatic carbocycles. The van der Waals surface area contributed by atoms with Crippen molar-refractivity contribution in [2.75, 3.05) is 11.5 Å². The van der Waals surface area contributed by atoms with Crippen LogP contribution in [0.2, 0.25) is 5.02 Å². The molecule has 0 saturated heterocycles. The van der Waals surface area contributed by atoms with Crippen molar-refractivity contribution in [1.29, 1.82) is 0 Å². The molecule has 1 atom stereocenters. The van der Waals surface area contributed by atoms with Crippen molar-refractivity contribution in [3.8, 4) is 0 Å². The average Bonchev–Trinajstić information content (AvgIpc) is 2.13. The Kier molecular flexibility index (Phi) is 4.39. The number of hydrogen-bond donors (Lipinski definition) is 1. The fourth-order valence-electron chi connectivity index (χ4n) is 1.24. The maximum Gasteiger partial charge on any atom is 0.0618 e. The van der Waals surface area contributed by atoms with Crippen LogP contribution in [-0.2, 0) is 10.8 Å². The third-order valence-electron chi connectivity index (χ3n) is 2.25. The zero-order chi connectivity index (χ0) is 12.3. The first-order chi connectivity index (χ1) is 7.29. The Bertz CT molecular complexity index is 398. The van der Waals surface area contributed by atoms with E-state index in [1.54, 1.807) is 18.2 Å². The van der Waals surface area contributed by atoms with Gasteiger partial charge >= 0.3 is 0 Å². The summed E-state index contributed by atoms with van der Waals surface area (Å²) < 4.78 is 12.0. The van der Waals surface area contributed by atoms with Crippen LogP contribution in [0.5, 0.6) is 0 Å². The fraction of sp³-hybridized carbons (Fsp3) is 0.500. The van der Waals surface area contributed by atoms with E-state index < -0.39 is 10.8 Å². The molecule has 4 heteroatoms. The Morgan fingerprint density at radius 2 is 2.00 bits per heavy atom. The molecule has 0 fully saturated rings. The van der Waals surface area contributed by atoms with Crippen LogP contribution < -0.4 is 5.73 Å². The highest BCUT2D eigenvalue weighted by Crippen LogP contribution is 2.24. The van der Waals surface area contributed by atoms with Gasteiger partial charge in [-0.2, -0.15) is 0 Å². The molecule has 0 saturated carbocycles. The minimum Gasteiger partial charge on any atom is -0.398 e. The molecular formula is C12H18ClNOS. The maximum atomic E-state index is 12.0. The first kappa shape index (κ1) is 13.5. The van der Waals surface area contributed by atoms with Crippen molar-refractivity contribution >= 4 is 28.1 Å². The van der Waals surface area contributed by atoms with Gasteiger partial charge in [0.1, 0.15) is 0 Å². The maximum absolute atomic E-state index is 12.0. The second kappa shape index (κ2) is 5.19. The van der Waals surface area contributed by atoms with Crippen LogP contribution >= 0.6 is 11.6 Å². The standard InChI is InChI=1S/C12H18ClNOS/c1-12(2,3)6-7-16(15)11-5-4-9(13)8-10(11)14/h4-5,8H,6-7,14H2,1-3H3. The molecule has 2 N–H and O–H groups in total. The van der Waals surface area contributed by atoms with Crippen molar-refractivity contribution in [3.63, 3.8) is 0 Å². The van der Waals surface area contributed by atoms with E-state index >= 15 is 0 Å². The lowest BCUT2D eigenvalue weighted by atomic mass is 9.94. The Hall–Kier alpha value is -0.540. The zero-order valence-electron chi connectivity index (χ0n) is 9.92. The number of rotatable bonds is 3. The van der Waals surface area contributed by atoms with E-state index in [1.165, 1.54) is 0 Å². The molecule has 90 valence electrons. The number of nitrogens with two attached hydrogens (primary N) is 1. The Balaban J connectivity index is 2.74. The lowest BCUT2D eigenvalue weighted by Crippen LogP contribution is -2.11. The Morgan fingerprint density at radius 3 is 2.50 bits per heavy atom. The predicted octanol–water partition coefficient (Wildman–Crippen LogP) is 3.47. The van der Waals surface area contributed by atoms with E-state index in [0.29, 0.717) is 21.4 Å². The SMILES string of the molecule is CC(C)(C)CCS(=O)c1ccc(Cl)cc1N. The smallest absolute Gasteiger partial charge is 0.0618 e. The van der Waals surface area contributed by atoms with Crippen molar-refractivity contribution in [2.24, 2.45) is 5.41 Å². The number of anilines is 1. The van der Waals surface area contributed by atoms with Crippen LogP contribution in [0, 0.1) is 5.41 Å². The van der Waals surface area contributed by atoms with E-state index in [-0.39, 0.29) is 5.41 Å². The molecule has 0 bridgehead atoms. The highest BCUT2D eigenvalue weighted by atomic mass is 35.5. The second-order valence-electron chi connectivity index (χ2n) is 5.04. The molecule has 2 nitrogen and oxygen atoms in total. The lowest BCUT2D eigenvalue weighted by Gasteiger charge is -2.17. The summed E-state index contributed by atoms with van der Waals surface area (Å²) in [7, 11) is -1.03. The van der Waals surface area contributed by atoms with Crippen LogP contribution in [0.4, 0.5) is 5.69 Å².